The van der Waals surface area contributed by atoms with Crippen LogP contribution in [-0.2, 0) is 16.5 Å². The lowest BCUT2D eigenvalue weighted by Gasteiger charge is -2.49. The third kappa shape index (κ3) is 5.00. The number of piperidine rings is 1. The summed E-state index contributed by atoms with van der Waals surface area (Å²) >= 11 is 0. The Bertz CT molecular complexity index is 647. The Labute approximate surface area is 164 Å². The molecule has 9 heteroatoms. The van der Waals surface area contributed by atoms with E-state index in [1.165, 1.54) is 0 Å². The minimum absolute atomic E-state index is 0.276. The van der Waals surface area contributed by atoms with Gasteiger partial charge < -0.3 is 14.4 Å². The Morgan fingerprint density at radius 2 is 2.18 bits per heavy atom. The summed E-state index contributed by atoms with van der Waals surface area (Å²) < 4.78 is 39.6. The third-order valence-electron chi connectivity index (χ3n) is 5.57. The number of hydrogen-bond acceptors (Lipinski definition) is 5. The summed E-state index contributed by atoms with van der Waals surface area (Å²) in [7, 11) is 1.83. The SMILES string of the molecule is CCCCOC(=O)N1CCC2(CC1)CN(CC(F)F)CC(c1ccnn1C)O2. The standard InChI is InChI=1S/C19H30F2N4O3/c1-3-4-11-27-18(26)25-9-6-19(7-10-25)14-24(13-17(20)21)12-16(28-19)15-5-8-22-23(15)2/h5,8,16-17H,3-4,6-7,9-14H2,1-2H3. The molecule has 2 aliphatic rings. The number of morpholine rings is 1. The first-order valence-electron chi connectivity index (χ1n) is 10.0. The van der Waals surface area contributed by atoms with Gasteiger partial charge in [0.05, 0.1) is 24.4 Å². The molecule has 1 spiro atoms. The normalized spacial score (nSPS) is 22.8. The molecule has 28 heavy (non-hydrogen) atoms. The molecule has 1 aromatic heterocycles. The molecule has 1 unspecified atom stereocenters. The summed E-state index contributed by atoms with van der Waals surface area (Å²) in [5.41, 5.74) is 0.335. The second kappa shape index (κ2) is 9.17. The first-order valence-corrected chi connectivity index (χ1v) is 10.0. The minimum atomic E-state index is -2.39. The highest BCUT2D eigenvalue weighted by Crippen LogP contribution is 2.38. The van der Waals surface area contributed by atoms with Crippen LogP contribution in [0.4, 0.5) is 13.6 Å². The molecule has 2 aliphatic heterocycles. The molecule has 7 nitrogen and oxygen atoms in total. The van der Waals surface area contributed by atoms with Gasteiger partial charge in [-0.05, 0) is 25.3 Å². The number of ether oxygens (including phenoxy) is 2. The second-order valence-corrected chi connectivity index (χ2v) is 7.71. The summed E-state index contributed by atoms with van der Waals surface area (Å²) in [5.74, 6) is 0. The molecular formula is C19H30F2N4O3. The fourth-order valence-corrected chi connectivity index (χ4v) is 4.04. The number of aromatic nitrogens is 2. The predicted octanol–water partition coefficient (Wildman–Crippen LogP) is 2.83. The summed E-state index contributed by atoms with van der Waals surface area (Å²) in [5, 5.41) is 4.18. The third-order valence-corrected chi connectivity index (χ3v) is 5.57. The van der Waals surface area contributed by atoms with E-state index in [9.17, 15) is 13.6 Å². The topological polar surface area (TPSA) is 59.8 Å². The van der Waals surface area contributed by atoms with Crippen molar-refractivity contribution in [1.82, 2.24) is 19.6 Å². The lowest BCUT2D eigenvalue weighted by molar-refractivity contribution is -0.182. The number of unbranched alkanes of at least 4 members (excludes halogenated alkanes) is 1. The first-order chi connectivity index (χ1) is 13.4. The number of likely N-dealkylation sites (tertiary alicyclic amines) is 1. The second-order valence-electron chi connectivity index (χ2n) is 7.71. The molecule has 0 saturated carbocycles. The maximum atomic E-state index is 13.1. The molecule has 158 valence electrons. The zero-order valence-electron chi connectivity index (χ0n) is 16.6. The molecule has 1 amide bonds. The van der Waals surface area contributed by atoms with Gasteiger partial charge in [0.2, 0.25) is 0 Å². The molecule has 0 bridgehead atoms. The Morgan fingerprint density at radius 1 is 1.43 bits per heavy atom. The van der Waals surface area contributed by atoms with E-state index in [-0.39, 0.29) is 18.7 Å². The lowest BCUT2D eigenvalue weighted by Crippen LogP contribution is -2.58. The van der Waals surface area contributed by atoms with Gasteiger partial charge in [0.25, 0.3) is 6.43 Å². The number of rotatable bonds is 6. The van der Waals surface area contributed by atoms with Crippen molar-refractivity contribution in [2.24, 2.45) is 7.05 Å². The predicted molar refractivity (Wildman–Crippen MR) is 99.3 cm³/mol. The Morgan fingerprint density at radius 3 is 2.79 bits per heavy atom. The first kappa shape index (κ1) is 21.0. The number of nitrogens with zero attached hydrogens (tertiary/aromatic N) is 4. The molecule has 3 heterocycles. The molecule has 2 saturated heterocycles. The van der Waals surface area contributed by atoms with E-state index in [1.54, 1.807) is 20.7 Å². The van der Waals surface area contributed by atoms with Crippen molar-refractivity contribution in [3.63, 3.8) is 0 Å². The van der Waals surface area contributed by atoms with Crippen molar-refractivity contribution in [2.75, 3.05) is 39.3 Å². The summed E-state index contributed by atoms with van der Waals surface area (Å²) in [6, 6.07) is 1.87. The van der Waals surface area contributed by atoms with Crippen molar-refractivity contribution < 1.29 is 23.0 Å². The van der Waals surface area contributed by atoms with Crippen LogP contribution in [0, 0.1) is 0 Å². The molecule has 0 aliphatic carbocycles. The van der Waals surface area contributed by atoms with E-state index in [2.05, 4.69) is 5.10 Å². The van der Waals surface area contributed by atoms with Gasteiger partial charge in [0.15, 0.2) is 0 Å². The van der Waals surface area contributed by atoms with E-state index >= 15 is 0 Å². The molecule has 2 fully saturated rings. The molecule has 1 aromatic rings. The van der Waals surface area contributed by atoms with Gasteiger partial charge in [-0.25, -0.2) is 13.6 Å². The van der Waals surface area contributed by atoms with Gasteiger partial charge in [0, 0.05) is 39.4 Å². The number of aryl methyl sites for hydroxylation is 1. The molecule has 0 radical (unpaired) electrons. The average Bonchev–Trinajstić information content (AvgIpc) is 3.07. The van der Waals surface area contributed by atoms with Crippen molar-refractivity contribution in [2.45, 2.75) is 50.7 Å². The van der Waals surface area contributed by atoms with Gasteiger partial charge in [-0.2, -0.15) is 5.10 Å². The fraction of sp³-hybridized carbons (Fsp3) is 0.789. The highest BCUT2D eigenvalue weighted by molar-refractivity contribution is 5.67. The van der Waals surface area contributed by atoms with Crippen molar-refractivity contribution in [3.05, 3.63) is 18.0 Å². The number of hydrogen-bond donors (Lipinski definition) is 0. The van der Waals surface area contributed by atoms with E-state index in [0.29, 0.717) is 45.6 Å². The number of halogens is 2. The number of alkyl halides is 2. The van der Waals surface area contributed by atoms with Crippen LogP contribution in [0.5, 0.6) is 0 Å². The molecule has 1 atom stereocenters. The van der Waals surface area contributed by atoms with Gasteiger partial charge in [0.1, 0.15) is 6.10 Å². The van der Waals surface area contributed by atoms with E-state index < -0.39 is 12.0 Å². The maximum absolute atomic E-state index is 13.1. The van der Waals surface area contributed by atoms with Gasteiger partial charge in [-0.1, -0.05) is 13.3 Å². The zero-order chi connectivity index (χ0) is 20.1. The Hall–Kier alpha value is -1.74. The van der Waals surface area contributed by atoms with Crippen molar-refractivity contribution in [3.8, 4) is 0 Å². The monoisotopic (exact) mass is 400 g/mol. The minimum Gasteiger partial charge on any atom is -0.449 e. The summed E-state index contributed by atoms with van der Waals surface area (Å²) in [4.78, 5) is 15.7. The number of carbonyl (C=O) groups is 1. The molecule has 0 N–H and O–H groups in total. The number of amides is 1. The van der Waals surface area contributed by atoms with Crippen LogP contribution in [0.25, 0.3) is 0 Å². The smallest absolute Gasteiger partial charge is 0.409 e. The van der Waals surface area contributed by atoms with Crippen LogP contribution >= 0.6 is 0 Å². The maximum Gasteiger partial charge on any atom is 0.409 e. The van der Waals surface area contributed by atoms with E-state index in [1.807, 2.05) is 20.0 Å². The summed E-state index contributed by atoms with van der Waals surface area (Å²) in [6.45, 7) is 4.07. The number of carbonyl (C=O) groups excluding carboxylic acids is 1. The molecule has 3 rings (SSSR count). The summed E-state index contributed by atoms with van der Waals surface area (Å²) in [6.07, 6.45) is 1.70. The van der Waals surface area contributed by atoms with Gasteiger partial charge in [-0.3, -0.25) is 9.58 Å². The van der Waals surface area contributed by atoms with Crippen molar-refractivity contribution in [1.29, 1.82) is 0 Å². The largest absolute Gasteiger partial charge is 0.449 e. The van der Waals surface area contributed by atoms with Crippen LogP contribution in [-0.4, -0.2) is 77.0 Å². The Balaban J connectivity index is 1.66. The molecular weight excluding hydrogens is 370 g/mol. The zero-order valence-corrected chi connectivity index (χ0v) is 16.6. The van der Waals surface area contributed by atoms with Crippen molar-refractivity contribution >= 4 is 6.09 Å². The van der Waals surface area contributed by atoms with Gasteiger partial charge in [-0.15, -0.1) is 0 Å². The quantitative estimate of drug-likeness (QED) is 0.688. The fourth-order valence-electron chi connectivity index (χ4n) is 4.04. The van der Waals surface area contributed by atoms with Crippen LogP contribution in [0.1, 0.15) is 44.4 Å². The van der Waals surface area contributed by atoms with E-state index in [0.717, 1.165) is 18.5 Å². The molecule has 0 aromatic carbocycles. The van der Waals surface area contributed by atoms with Crippen LogP contribution in [0.15, 0.2) is 12.3 Å². The highest BCUT2D eigenvalue weighted by Gasteiger charge is 2.45. The van der Waals surface area contributed by atoms with Crippen LogP contribution < -0.4 is 0 Å². The lowest BCUT2D eigenvalue weighted by atomic mass is 9.88. The van der Waals surface area contributed by atoms with Gasteiger partial charge >= 0.3 is 6.09 Å². The van der Waals surface area contributed by atoms with Crippen LogP contribution in [0.2, 0.25) is 0 Å². The highest BCUT2D eigenvalue weighted by atomic mass is 19.3. The average molecular weight is 400 g/mol. The van der Waals surface area contributed by atoms with Crippen LogP contribution in [0.3, 0.4) is 0 Å². The Kier molecular flexibility index (Phi) is 6.87. The van der Waals surface area contributed by atoms with E-state index in [4.69, 9.17) is 9.47 Å².